The predicted molar refractivity (Wildman–Crippen MR) is 145 cm³/mol. The van der Waals surface area contributed by atoms with Crippen molar-refractivity contribution < 1.29 is 29.3 Å². The van der Waals surface area contributed by atoms with Crippen LogP contribution in [0.15, 0.2) is 42.5 Å². The van der Waals surface area contributed by atoms with E-state index in [-0.39, 0.29) is 36.1 Å². The van der Waals surface area contributed by atoms with Gasteiger partial charge in [0.2, 0.25) is 0 Å². The number of aliphatic hydroxyl groups is 1. The van der Waals surface area contributed by atoms with Crippen LogP contribution in [0.3, 0.4) is 0 Å². The molecule has 0 saturated carbocycles. The van der Waals surface area contributed by atoms with E-state index in [2.05, 4.69) is 15.5 Å². The summed E-state index contributed by atoms with van der Waals surface area (Å²) in [6.45, 7) is 8.77. The van der Waals surface area contributed by atoms with Crippen molar-refractivity contribution in [2.45, 2.75) is 52.4 Å². The van der Waals surface area contributed by atoms with Crippen molar-refractivity contribution in [2.24, 2.45) is 5.92 Å². The van der Waals surface area contributed by atoms with Crippen LogP contribution in [0.2, 0.25) is 0 Å². The average molecular weight is 527 g/mol. The van der Waals surface area contributed by atoms with Crippen molar-refractivity contribution in [2.75, 3.05) is 32.1 Å². The number of anilines is 1. The summed E-state index contributed by atoms with van der Waals surface area (Å²) in [5.41, 5.74) is 1.89. The molecular formula is C28H38N4O6. The highest BCUT2D eigenvalue weighted by Crippen LogP contribution is 2.35. The molecule has 0 fully saturated rings. The molecule has 0 bridgehead atoms. The highest BCUT2D eigenvalue weighted by atomic mass is 16.5. The van der Waals surface area contributed by atoms with Crippen molar-refractivity contribution in [3.8, 4) is 5.75 Å². The average Bonchev–Trinajstić information content (AvgIpc) is 2.85. The lowest BCUT2D eigenvalue weighted by Gasteiger charge is -2.38. The summed E-state index contributed by atoms with van der Waals surface area (Å²) in [5, 5.41) is 24.6. The number of carboxylic acid groups (broad SMARTS) is 1. The summed E-state index contributed by atoms with van der Waals surface area (Å²) in [6, 6.07) is 10.9. The Balaban J connectivity index is 1.91. The van der Waals surface area contributed by atoms with E-state index in [0.717, 1.165) is 5.56 Å². The van der Waals surface area contributed by atoms with Gasteiger partial charge in [0.1, 0.15) is 6.10 Å². The molecule has 0 aromatic heterocycles. The lowest BCUT2D eigenvalue weighted by Crippen LogP contribution is -2.49. The van der Waals surface area contributed by atoms with Crippen LogP contribution >= 0.6 is 0 Å². The van der Waals surface area contributed by atoms with Crippen LogP contribution in [0.1, 0.15) is 54.0 Å². The summed E-state index contributed by atoms with van der Waals surface area (Å²) < 4.78 is 6.51. The molecule has 2 aromatic carbocycles. The van der Waals surface area contributed by atoms with Gasteiger partial charge < -0.3 is 30.5 Å². The Morgan fingerprint density at radius 1 is 1.16 bits per heavy atom. The maximum atomic E-state index is 13.6. The Morgan fingerprint density at radius 2 is 1.84 bits per heavy atom. The van der Waals surface area contributed by atoms with Crippen LogP contribution in [-0.2, 0) is 6.54 Å². The van der Waals surface area contributed by atoms with Crippen LogP contribution in [-0.4, -0.2) is 82.9 Å². The summed E-state index contributed by atoms with van der Waals surface area (Å²) in [6.07, 6.45) is -0.352. The van der Waals surface area contributed by atoms with Gasteiger partial charge in [-0.15, -0.1) is 0 Å². The monoisotopic (exact) mass is 526 g/mol. The van der Waals surface area contributed by atoms with Gasteiger partial charge in [-0.25, -0.2) is 9.59 Å². The number of carbonyl (C=O) groups excluding carboxylic acids is 2. The largest absolute Gasteiger partial charge is 0.486 e. The number of nitrogens with one attached hydrogen (secondary N) is 2. The molecular weight excluding hydrogens is 488 g/mol. The molecule has 4 N–H and O–H groups in total. The molecule has 1 aliphatic rings. The quantitative estimate of drug-likeness (QED) is 0.394. The summed E-state index contributed by atoms with van der Waals surface area (Å²) >= 11 is 0. The lowest BCUT2D eigenvalue weighted by atomic mass is 9.98. The first-order chi connectivity index (χ1) is 18.0. The van der Waals surface area contributed by atoms with Gasteiger partial charge in [-0.1, -0.05) is 25.1 Å². The second-order valence-electron chi connectivity index (χ2n) is 10.3. The number of para-hydroxylation sites is 1. The van der Waals surface area contributed by atoms with Crippen molar-refractivity contribution in [1.82, 2.24) is 15.1 Å². The molecule has 1 aliphatic heterocycles. The van der Waals surface area contributed by atoms with Gasteiger partial charge in [-0.2, -0.15) is 0 Å². The Morgan fingerprint density at radius 3 is 2.45 bits per heavy atom. The van der Waals surface area contributed by atoms with Gasteiger partial charge in [0.25, 0.3) is 5.91 Å². The van der Waals surface area contributed by atoms with Gasteiger partial charge >= 0.3 is 12.0 Å². The molecule has 1 heterocycles. The SMILES string of the molecule is CC(C)NC(=O)Nc1cccc2c1O[C@@H](CN(C)Cc1ccc(C(=O)O)cc1)[C@H](C)CN([C@H](C)CO)C2=O. The van der Waals surface area contributed by atoms with Crippen molar-refractivity contribution in [1.29, 1.82) is 0 Å². The van der Waals surface area contributed by atoms with E-state index in [1.165, 1.54) is 0 Å². The number of aromatic carboxylic acids is 1. The minimum atomic E-state index is -0.969. The second-order valence-corrected chi connectivity index (χ2v) is 10.3. The van der Waals surface area contributed by atoms with E-state index < -0.39 is 18.0 Å². The van der Waals surface area contributed by atoms with Crippen LogP contribution < -0.4 is 15.4 Å². The van der Waals surface area contributed by atoms with Gasteiger partial charge in [-0.3, -0.25) is 9.69 Å². The van der Waals surface area contributed by atoms with E-state index in [9.17, 15) is 19.5 Å². The van der Waals surface area contributed by atoms with Crippen LogP contribution in [0.5, 0.6) is 5.75 Å². The molecule has 3 atom stereocenters. The molecule has 3 amide bonds. The maximum absolute atomic E-state index is 13.6. The van der Waals surface area contributed by atoms with Gasteiger partial charge in [-0.05, 0) is 57.6 Å². The van der Waals surface area contributed by atoms with E-state index >= 15 is 0 Å². The minimum Gasteiger partial charge on any atom is -0.486 e. The Hall–Kier alpha value is -3.63. The predicted octanol–water partition coefficient (Wildman–Crippen LogP) is 3.27. The zero-order valence-corrected chi connectivity index (χ0v) is 22.6. The normalized spacial score (nSPS) is 18.3. The first-order valence-electron chi connectivity index (χ1n) is 12.8. The molecule has 0 aliphatic carbocycles. The third kappa shape index (κ3) is 7.23. The number of aliphatic hydroxyl groups excluding tert-OH is 1. The Bertz CT molecular complexity index is 1140. The number of likely N-dealkylation sites (N-methyl/N-ethyl adjacent to an activating group) is 1. The first kappa shape index (κ1) is 28.9. The molecule has 38 heavy (non-hydrogen) atoms. The number of amides is 3. The van der Waals surface area contributed by atoms with E-state index in [1.54, 1.807) is 54.3 Å². The van der Waals surface area contributed by atoms with Crippen LogP contribution in [0, 0.1) is 5.92 Å². The number of urea groups is 1. The third-order valence-corrected chi connectivity index (χ3v) is 6.50. The summed E-state index contributed by atoms with van der Waals surface area (Å²) in [5.74, 6) is -1.05. The molecule has 10 nitrogen and oxygen atoms in total. The molecule has 206 valence electrons. The molecule has 0 spiro atoms. The minimum absolute atomic E-state index is 0.0741. The number of rotatable bonds is 9. The zero-order valence-electron chi connectivity index (χ0n) is 22.6. The fourth-order valence-electron chi connectivity index (χ4n) is 4.42. The lowest BCUT2D eigenvalue weighted by molar-refractivity contribution is 0.0343. The van der Waals surface area contributed by atoms with Crippen LogP contribution in [0.4, 0.5) is 10.5 Å². The smallest absolute Gasteiger partial charge is 0.335 e. The number of hydrogen-bond acceptors (Lipinski definition) is 6. The first-order valence-corrected chi connectivity index (χ1v) is 12.8. The number of hydrogen-bond donors (Lipinski definition) is 4. The highest BCUT2D eigenvalue weighted by molar-refractivity contribution is 6.01. The molecule has 10 heteroatoms. The molecule has 2 aromatic rings. The number of nitrogens with zero attached hydrogens (tertiary/aromatic N) is 2. The topological polar surface area (TPSA) is 131 Å². The highest BCUT2D eigenvalue weighted by Gasteiger charge is 2.34. The van der Waals surface area contributed by atoms with E-state index in [0.29, 0.717) is 36.6 Å². The molecule has 3 rings (SSSR count). The fraction of sp³-hybridized carbons (Fsp3) is 0.464. The number of ether oxygens (including phenoxy) is 1. The van der Waals surface area contributed by atoms with Crippen molar-refractivity contribution in [3.63, 3.8) is 0 Å². The van der Waals surface area contributed by atoms with Crippen molar-refractivity contribution in [3.05, 3.63) is 59.2 Å². The van der Waals surface area contributed by atoms with Gasteiger partial charge in [0, 0.05) is 31.6 Å². The zero-order chi connectivity index (χ0) is 28.0. The fourth-order valence-corrected chi connectivity index (χ4v) is 4.42. The standard InChI is InChI=1S/C28H38N4O6/c1-17(2)29-28(37)30-23-8-6-7-22-25(23)38-24(18(3)13-32(26(22)34)19(4)16-33)15-31(5)14-20-9-11-21(12-10-20)27(35)36/h6-12,17-19,24,33H,13-16H2,1-5H3,(H,35,36)(H2,29,30,37)/t18-,19-,24+/m1/s1. The summed E-state index contributed by atoms with van der Waals surface area (Å²) in [4.78, 5) is 40.9. The summed E-state index contributed by atoms with van der Waals surface area (Å²) in [7, 11) is 1.94. The van der Waals surface area contributed by atoms with Gasteiger partial charge in [0.05, 0.1) is 29.5 Å². The Labute approximate surface area is 223 Å². The Kier molecular flexibility index (Phi) is 9.71. The number of carbonyl (C=O) groups is 3. The maximum Gasteiger partial charge on any atom is 0.335 e. The second kappa shape index (κ2) is 12.7. The molecule has 0 radical (unpaired) electrons. The van der Waals surface area contributed by atoms with Gasteiger partial charge in [0.15, 0.2) is 5.75 Å². The molecule has 0 unspecified atom stereocenters. The number of carboxylic acids is 1. The third-order valence-electron chi connectivity index (χ3n) is 6.50. The van der Waals surface area contributed by atoms with E-state index in [1.807, 2.05) is 27.8 Å². The van der Waals surface area contributed by atoms with E-state index in [4.69, 9.17) is 9.84 Å². The van der Waals surface area contributed by atoms with Crippen LogP contribution in [0.25, 0.3) is 0 Å². The number of benzene rings is 2. The van der Waals surface area contributed by atoms with Crippen molar-refractivity contribution >= 4 is 23.6 Å². The molecule has 0 saturated heterocycles. The number of fused-ring (bicyclic) bond motifs is 1.